The minimum atomic E-state index is -0.247. The summed E-state index contributed by atoms with van der Waals surface area (Å²) in [6.45, 7) is 8.78. The average Bonchev–Trinajstić information content (AvgIpc) is 3.09. The highest BCUT2D eigenvalue weighted by atomic mass is 16.5. The molecule has 0 radical (unpaired) electrons. The second kappa shape index (κ2) is 8.92. The van der Waals surface area contributed by atoms with E-state index in [0.29, 0.717) is 41.9 Å². The number of aliphatic hydroxyl groups is 1. The summed E-state index contributed by atoms with van der Waals surface area (Å²) in [6.07, 6.45) is 9.85. The summed E-state index contributed by atoms with van der Waals surface area (Å²) in [5, 5.41) is 11.5. The van der Waals surface area contributed by atoms with Crippen molar-refractivity contribution >= 4 is 11.9 Å². The number of aliphatic hydroxyl groups excluding tert-OH is 1. The van der Waals surface area contributed by atoms with Gasteiger partial charge in [0.25, 0.3) is 0 Å². The van der Waals surface area contributed by atoms with Gasteiger partial charge in [-0.25, -0.2) is 0 Å². The van der Waals surface area contributed by atoms with Crippen LogP contribution in [0.4, 0.5) is 0 Å². The Morgan fingerprint density at radius 3 is 2.41 bits per heavy atom. The van der Waals surface area contributed by atoms with Gasteiger partial charge < -0.3 is 14.6 Å². The number of carbonyl (C=O) groups excluding carboxylic acids is 2. The second-order valence-electron chi connectivity index (χ2n) is 12.1. The van der Waals surface area contributed by atoms with Crippen molar-refractivity contribution in [3.8, 4) is 0 Å². The van der Waals surface area contributed by atoms with Crippen LogP contribution in [0.25, 0.3) is 0 Å². The molecule has 0 aliphatic heterocycles. The Hall–Kier alpha value is -1.10. The lowest BCUT2D eigenvalue weighted by Crippen LogP contribution is -2.58. The van der Waals surface area contributed by atoms with Crippen molar-refractivity contribution in [2.45, 2.75) is 104 Å². The first-order valence-corrected chi connectivity index (χ1v) is 13.0. The third kappa shape index (κ3) is 4.01. The highest BCUT2D eigenvalue weighted by Crippen LogP contribution is 2.68. The summed E-state index contributed by atoms with van der Waals surface area (Å²) in [5.74, 6) is 2.81. The van der Waals surface area contributed by atoms with Gasteiger partial charge in [0.05, 0.1) is 13.2 Å². The molecule has 4 saturated carbocycles. The lowest BCUT2D eigenvalue weighted by molar-refractivity contribution is -0.182. The Kier molecular flexibility index (Phi) is 6.70. The van der Waals surface area contributed by atoms with E-state index in [-0.39, 0.29) is 35.0 Å². The summed E-state index contributed by atoms with van der Waals surface area (Å²) in [4.78, 5) is 23.2. The molecular weight excluding hydrogens is 404 g/mol. The maximum atomic E-state index is 11.7. The van der Waals surface area contributed by atoms with Crippen molar-refractivity contribution in [1.82, 2.24) is 0 Å². The molecule has 4 aliphatic carbocycles. The number of hydrogen-bond donors (Lipinski definition) is 1. The number of carbonyl (C=O) groups is 2. The molecule has 0 bridgehead atoms. The topological polar surface area (TPSA) is 72.8 Å². The van der Waals surface area contributed by atoms with E-state index < -0.39 is 0 Å². The molecule has 1 N–H and O–H groups in total. The number of rotatable bonds is 5. The fraction of sp³-hybridized carbons (Fsp3) is 0.926. The lowest BCUT2D eigenvalue weighted by Gasteiger charge is -2.62. The summed E-state index contributed by atoms with van der Waals surface area (Å²) in [7, 11) is 1.47. The number of methoxy groups -OCH3 is 1. The fourth-order valence-electron chi connectivity index (χ4n) is 9.15. The van der Waals surface area contributed by atoms with Crippen LogP contribution in [-0.2, 0) is 19.1 Å². The molecule has 4 aliphatic rings. The SMILES string of the molecule is COC(=O)CC[C@@H](C)[C@H]1CC[C@H]2[C@@H]3[C@H](O)C[C@@H]4C[C@H](OC(C)=O)CC[C@]4(C)[C@H]3CC[C@]12C. The quantitative estimate of drug-likeness (QED) is 0.590. The van der Waals surface area contributed by atoms with E-state index in [1.54, 1.807) is 0 Å². The third-order valence-corrected chi connectivity index (χ3v) is 10.8. The zero-order valence-corrected chi connectivity index (χ0v) is 20.8. The molecule has 0 spiro atoms. The van der Waals surface area contributed by atoms with Gasteiger partial charge in [-0.15, -0.1) is 0 Å². The van der Waals surface area contributed by atoms with Crippen LogP contribution in [0, 0.1) is 46.3 Å². The van der Waals surface area contributed by atoms with Crippen molar-refractivity contribution in [2.24, 2.45) is 46.3 Å². The van der Waals surface area contributed by atoms with Gasteiger partial charge in [0.15, 0.2) is 0 Å². The molecule has 4 fully saturated rings. The molecule has 0 aromatic carbocycles. The summed E-state index contributed by atoms with van der Waals surface area (Å²) in [6, 6.07) is 0. The van der Waals surface area contributed by atoms with E-state index in [9.17, 15) is 14.7 Å². The van der Waals surface area contributed by atoms with Gasteiger partial charge in [-0.2, -0.15) is 0 Å². The monoisotopic (exact) mass is 448 g/mol. The maximum absolute atomic E-state index is 11.7. The predicted molar refractivity (Wildman–Crippen MR) is 123 cm³/mol. The van der Waals surface area contributed by atoms with Crippen molar-refractivity contribution in [2.75, 3.05) is 7.11 Å². The Balaban J connectivity index is 1.49. The van der Waals surface area contributed by atoms with Crippen LogP contribution < -0.4 is 0 Å². The Morgan fingerprint density at radius 2 is 1.72 bits per heavy atom. The molecule has 5 nitrogen and oxygen atoms in total. The van der Waals surface area contributed by atoms with Gasteiger partial charge >= 0.3 is 11.9 Å². The molecule has 0 aromatic heterocycles. The minimum Gasteiger partial charge on any atom is -0.469 e. The first-order valence-electron chi connectivity index (χ1n) is 13.0. The lowest BCUT2D eigenvalue weighted by atomic mass is 9.43. The summed E-state index contributed by atoms with van der Waals surface area (Å²) in [5.41, 5.74) is 0.506. The number of ether oxygens (including phenoxy) is 2. The molecule has 0 aromatic rings. The highest BCUT2D eigenvalue weighted by molar-refractivity contribution is 5.69. The molecule has 10 atom stereocenters. The normalized spacial score (nSPS) is 46.4. The van der Waals surface area contributed by atoms with Crippen LogP contribution >= 0.6 is 0 Å². The van der Waals surface area contributed by atoms with E-state index in [4.69, 9.17) is 9.47 Å². The number of esters is 2. The summed E-state index contributed by atoms with van der Waals surface area (Å²) < 4.78 is 10.4. The smallest absolute Gasteiger partial charge is 0.305 e. The molecular formula is C27H44O5. The van der Waals surface area contributed by atoms with E-state index in [2.05, 4.69) is 20.8 Å². The van der Waals surface area contributed by atoms with Gasteiger partial charge in [0.1, 0.15) is 6.10 Å². The standard InChI is InChI=1S/C27H44O5/c1-16(6-9-24(30)31-5)20-7-8-21-25-22(11-13-27(20,21)4)26(3)12-10-19(32-17(2)28)14-18(26)15-23(25)29/h16,18-23,25,29H,6-15H2,1-5H3/t16-,18+,19-,20-,21+,22+,23-,25+,26+,27-/m1/s1. The van der Waals surface area contributed by atoms with Gasteiger partial charge in [-0.1, -0.05) is 20.8 Å². The largest absolute Gasteiger partial charge is 0.469 e. The zero-order valence-electron chi connectivity index (χ0n) is 20.8. The number of fused-ring (bicyclic) bond motifs is 5. The van der Waals surface area contributed by atoms with Crippen LogP contribution in [-0.4, -0.2) is 36.4 Å². The maximum Gasteiger partial charge on any atom is 0.305 e. The Bertz CT molecular complexity index is 721. The molecule has 0 unspecified atom stereocenters. The predicted octanol–water partition coefficient (Wildman–Crippen LogP) is 5.14. The fourth-order valence-corrected chi connectivity index (χ4v) is 9.15. The average molecular weight is 449 g/mol. The van der Waals surface area contributed by atoms with Crippen molar-refractivity contribution in [3.63, 3.8) is 0 Å². The molecule has 32 heavy (non-hydrogen) atoms. The van der Waals surface area contributed by atoms with Gasteiger partial charge in [-0.05, 0) is 104 Å². The van der Waals surface area contributed by atoms with E-state index in [1.165, 1.54) is 39.7 Å². The first-order chi connectivity index (χ1) is 15.1. The molecule has 5 heteroatoms. The van der Waals surface area contributed by atoms with Crippen molar-refractivity contribution in [1.29, 1.82) is 0 Å². The van der Waals surface area contributed by atoms with Crippen LogP contribution in [0.15, 0.2) is 0 Å². The molecule has 0 saturated heterocycles. The Labute approximate surface area is 194 Å². The van der Waals surface area contributed by atoms with Crippen LogP contribution in [0.5, 0.6) is 0 Å². The highest BCUT2D eigenvalue weighted by Gasteiger charge is 2.63. The minimum absolute atomic E-state index is 0.0229. The zero-order chi connectivity index (χ0) is 23.3. The van der Waals surface area contributed by atoms with Crippen molar-refractivity contribution in [3.05, 3.63) is 0 Å². The molecule has 0 amide bonds. The van der Waals surface area contributed by atoms with E-state index in [1.807, 2.05) is 0 Å². The van der Waals surface area contributed by atoms with Crippen LogP contribution in [0.2, 0.25) is 0 Å². The van der Waals surface area contributed by atoms with Crippen LogP contribution in [0.1, 0.15) is 91.9 Å². The molecule has 0 heterocycles. The summed E-state index contributed by atoms with van der Waals surface area (Å²) >= 11 is 0. The van der Waals surface area contributed by atoms with Crippen molar-refractivity contribution < 1.29 is 24.2 Å². The molecule has 4 rings (SSSR count). The number of hydrogen-bond acceptors (Lipinski definition) is 5. The Morgan fingerprint density at radius 1 is 1.03 bits per heavy atom. The van der Waals surface area contributed by atoms with Gasteiger partial charge in [0, 0.05) is 13.3 Å². The first kappa shape index (κ1) is 24.0. The van der Waals surface area contributed by atoms with E-state index >= 15 is 0 Å². The van der Waals surface area contributed by atoms with Gasteiger partial charge in [0.2, 0.25) is 0 Å². The second-order valence-corrected chi connectivity index (χ2v) is 12.1. The third-order valence-electron chi connectivity index (χ3n) is 10.8. The van der Waals surface area contributed by atoms with E-state index in [0.717, 1.165) is 32.1 Å². The van der Waals surface area contributed by atoms with Gasteiger partial charge in [-0.3, -0.25) is 9.59 Å². The molecule has 182 valence electrons. The van der Waals surface area contributed by atoms with Crippen LogP contribution in [0.3, 0.4) is 0 Å².